The van der Waals surface area contributed by atoms with Gasteiger partial charge in [0.05, 0.1) is 6.54 Å². The highest BCUT2D eigenvalue weighted by atomic mass is 16.2. The standard InChI is InChI=1S/C20H28N6O2/c27-18(21-9-4-11-25-10-3-6-19(25)28)15-24-13-7-16(8-14-24)20-23-22-17-5-1-2-12-26(17)20/h1-2,5,12,16H,3-4,6-11,13-15H2,(H,21,27). The lowest BCUT2D eigenvalue weighted by atomic mass is 9.96. The first kappa shape index (κ1) is 18.9. The lowest BCUT2D eigenvalue weighted by molar-refractivity contribution is -0.127. The molecule has 2 aliphatic rings. The van der Waals surface area contributed by atoms with Gasteiger partial charge in [0, 0.05) is 38.2 Å². The van der Waals surface area contributed by atoms with Gasteiger partial charge < -0.3 is 10.2 Å². The number of nitrogens with one attached hydrogen (secondary N) is 1. The largest absolute Gasteiger partial charge is 0.355 e. The maximum atomic E-state index is 12.2. The molecule has 2 fully saturated rings. The van der Waals surface area contributed by atoms with Crippen molar-refractivity contribution in [2.24, 2.45) is 0 Å². The van der Waals surface area contributed by atoms with Crippen LogP contribution < -0.4 is 5.32 Å². The van der Waals surface area contributed by atoms with Gasteiger partial charge in [-0.1, -0.05) is 6.07 Å². The Hall–Kier alpha value is -2.48. The van der Waals surface area contributed by atoms with Crippen LogP contribution in [0.2, 0.25) is 0 Å². The van der Waals surface area contributed by atoms with Gasteiger partial charge in [0.2, 0.25) is 11.8 Å². The van der Waals surface area contributed by atoms with E-state index in [4.69, 9.17) is 0 Å². The molecule has 8 heteroatoms. The van der Waals surface area contributed by atoms with Crippen LogP contribution in [0.15, 0.2) is 24.4 Å². The Kier molecular flexibility index (Phi) is 5.85. The third-order valence-electron chi connectivity index (χ3n) is 5.76. The van der Waals surface area contributed by atoms with Crippen molar-refractivity contribution < 1.29 is 9.59 Å². The summed E-state index contributed by atoms with van der Waals surface area (Å²) in [5, 5.41) is 11.6. The molecule has 0 saturated carbocycles. The topological polar surface area (TPSA) is 82.8 Å². The lowest BCUT2D eigenvalue weighted by Gasteiger charge is -2.30. The number of nitrogens with zero attached hydrogens (tertiary/aromatic N) is 5. The molecule has 0 unspecified atom stereocenters. The minimum Gasteiger partial charge on any atom is -0.355 e. The van der Waals surface area contributed by atoms with E-state index in [1.165, 1.54) is 0 Å². The Morgan fingerprint density at radius 1 is 1.18 bits per heavy atom. The molecule has 2 saturated heterocycles. The van der Waals surface area contributed by atoms with Gasteiger partial charge in [-0.05, 0) is 50.9 Å². The summed E-state index contributed by atoms with van der Waals surface area (Å²) in [4.78, 5) is 27.9. The maximum absolute atomic E-state index is 12.2. The monoisotopic (exact) mass is 384 g/mol. The zero-order valence-electron chi connectivity index (χ0n) is 16.2. The van der Waals surface area contributed by atoms with Gasteiger partial charge in [-0.15, -0.1) is 10.2 Å². The van der Waals surface area contributed by atoms with Gasteiger partial charge in [-0.2, -0.15) is 0 Å². The van der Waals surface area contributed by atoms with E-state index in [0.29, 0.717) is 25.4 Å². The molecule has 28 heavy (non-hydrogen) atoms. The number of likely N-dealkylation sites (tertiary alicyclic amines) is 2. The Morgan fingerprint density at radius 3 is 2.82 bits per heavy atom. The van der Waals surface area contributed by atoms with Crippen molar-refractivity contribution in [2.45, 2.75) is 38.0 Å². The molecule has 0 aliphatic carbocycles. The molecule has 2 aliphatic heterocycles. The zero-order valence-corrected chi connectivity index (χ0v) is 16.2. The summed E-state index contributed by atoms with van der Waals surface area (Å²) in [7, 11) is 0. The highest BCUT2D eigenvalue weighted by Gasteiger charge is 2.25. The number of carbonyl (C=O) groups is 2. The van der Waals surface area contributed by atoms with Crippen molar-refractivity contribution >= 4 is 17.5 Å². The molecular formula is C20H28N6O2. The van der Waals surface area contributed by atoms with E-state index in [-0.39, 0.29) is 11.8 Å². The highest BCUT2D eigenvalue weighted by molar-refractivity contribution is 5.78. The summed E-state index contributed by atoms with van der Waals surface area (Å²) in [6.07, 6.45) is 6.44. The molecule has 1 N–H and O–H groups in total. The lowest BCUT2D eigenvalue weighted by Crippen LogP contribution is -2.42. The Labute approximate surface area is 164 Å². The average molecular weight is 384 g/mol. The number of pyridine rings is 1. The van der Waals surface area contributed by atoms with E-state index in [9.17, 15) is 9.59 Å². The van der Waals surface area contributed by atoms with Crippen LogP contribution in [-0.2, 0) is 9.59 Å². The molecule has 0 aromatic carbocycles. The summed E-state index contributed by atoms with van der Waals surface area (Å²) in [5.74, 6) is 1.72. The fraction of sp³-hybridized carbons (Fsp3) is 0.600. The minimum atomic E-state index is 0.0686. The fourth-order valence-corrected chi connectivity index (χ4v) is 4.18. The van der Waals surface area contributed by atoms with Crippen molar-refractivity contribution in [2.75, 3.05) is 39.3 Å². The predicted molar refractivity (Wildman–Crippen MR) is 105 cm³/mol. The number of rotatable bonds is 7. The number of amides is 2. The second-order valence-corrected chi connectivity index (χ2v) is 7.73. The van der Waals surface area contributed by atoms with E-state index in [0.717, 1.165) is 63.3 Å². The summed E-state index contributed by atoms with van der Waals surface area (Å²) < 4.78 is 2.07. The number of aromatic nitrogens is 3. The smallest absolute Gasteiger partial charge is 0.234 e. The molecule has 8 nitrogen and oxygen atoms in total. The molecular weight excluding hydrogens is 356 g/mol. The van der Waals surface area contributed by atoms with E-state index in [1.807, 2.05) is 29.3 Å². The maximum Gasteiger partial charge on any atom is 0.234 e. The van der Waals surface area contributed by atoms with Gasteiger partial charge in [0.1, 0.15) is 5.82 Å². The number of carbonyl (C=O) groups excluding carboxylic acids is 2. The molecule has 0 spiro atoms. The molecule has 4 rings (SSSR count). The van der Waals surface area contributed by atoms with Crippen LogP contribution in [0.3, 0.4) is 0 Å². The third-order valence-corrected chi connectivity index (χ3v) is 5.76. The molecule has 2 aromatic rings. The van der Waals surface area contributed by atoms with Crippen LogP contribution in [0, 0.1) is 0 Å². The first-order chi connectivity index (χ1) is 13.7. The fourth-order valence-electron chi connectivity index (χ4n) is 4.18. The SMILES string of the molecule is O=C(CN1CCC(c2nnc3ccccn23)CC1)NCCCN1CCCC1=O. The number of fused-ring (bicyclic) bond motifs is 1. The molecule has 0 bridgehead atoms. The van der Waals surface area contributed by atoms with Crippen LogP contribution in [-0.4, -0.2) is 75.5 Å². The van der Waals surface area contributed by atoms with Gasteiger partial charge in [0.15, 0.2) is 5.65 Å². The molecule has 2 aromatic heterocycles. The van der Waals surface area contributed by atoms with Crippen LogP contribution in [0.25, 0.3) is 5.65 Å². The van der Waals surface area contributed by atoms with Crippen molar-refractivity contribution in [3.05, 3.63) is 30.2 Å². The second-order valence-electron chi connectivity index (χ2n) is 7.73. The van der Waals surface area contributed by atoms with E-state index < -0.39 is 0 Å². The summed E-state index contributed by atoms with van der Waals surface area (Å²) in [6.45, 7) is 4.46. The quantitative estimate of drug-likeness (QED) is 0.721. The summed E-state index contributed by atoms with van der Waals surface area (Å²) in [6, 6.07) is 5.94. The highest BCUT2D eigenvalue weighted by Crippen LogP contribution is 2.26. The van der Waals surface area contributed by atoms with Gasteiger partial charge >= 0.3 is 0 Å². The molecule has 4 heterocycles. The van der Waals surface area contributed by atoms with Crippen LogP contribution in [0.5, 0.6) is 0 Å². The predicted octanol–water partition coefficient (Wildman–Crippen LogP) is 1.04. The van der Waals surface area contributed by atoms with E-state index >= 15 is 0 Å². The van der Waals surface area contributed by atoms with Crippen molar-refractivity contribution in [3.63, 3.8) is 0 Å². The normalized spacial score (nSPS) is 18.9. The van der Waals surface area contributed by atoms with Crippen LogP contribution >= 0.6 is 0 Å². The van der Waals surface area contributed by atoms with Gasteiger partial charge in [-0.3, -0.25) is 18.9 Å². The Balaban J connectivity index is 1.17. The van der Waals surface area contributed by atoms with E-state index in [2.05, 4.69) is 24.8 Å². The molecule has 2 amide bonds. The van der Waals surface area contributed by atoms with E-state index in [1.54, 1.807) is 0 Å². The number of hydrogen-bond donors (Lipinski definition) is 1. The molecule has 150 valence electrons. The third kappa shape index (κ3) is 4.32. The first-order valence-electron chi connectivity index (χ1n) is 10.3. The van der Waals surface area contributed by atoms with Gasteiger partial charge in [-0.25, -0.2) is 0 Å². The number of hydrogen-bond acceptors (Lipinski definition) is 5. The van der Waals surface area contributed by atoms with Crippen molar-refractivity contribution in [1.82, 2.24) is 29.7 Å². The Bertz CT molecular complexity index is 827. The van der Waals surface area contributed by atoms with Crippen molar-refractivity contribution in [3.8, 4) is 0 Å². The zero-order chi connectivity index (χ0) is 19.3. The molecule has 0 radical (unpaired) electrons. The van der Waals surface area contributed by atoms with Crippen molar-refractivity contribution in [1.29, 1.82) is 0 Å². The first-order valence-corrected chi connectivity index (χ1v) is 10.3. The Morgan fingerprint density at radius 2 is 2.04 bits per heavy atom. The van der Waals surface area contributed by atoms with Gasteiger partial charge in [0.25, 0.3) is 0 Å². The average Bonchev–Trinajstić information content (AvgIpc) is 3.32. The van der Waals surface area contributed by atoms with Crippen LogP contribution in [0.1, 0.15) is 43.8 Å². The summed E-state index contributed by atoms with van der Waals surface area (Å²) in [5.41, 5.74) is 0.884. The summed E-state index contributed by atoms with van der Waals surface area (Å²) >= 11 is 0. The minimum absolute atomic E-state index is 0.0686. The van der Waals surface area contributed by atoms with Crippen LogP contribution in [0.4, 0.5) is 0 Å². The number of piperidine rings is 1. The second kappa shape index (κ2) is 8.68. The molecule has 0 atom stereocenters.